The van der Waals surface area contributed by atoms with E-state index in [0.29, 0.717) is 29.3 Å². The van der Waals surface area contributed by atoms with Gasteiger partial charge < -0.3 is 16.4 Å². The van der Waals surface area contributed by atoms with Crippen LogP contribution in [0, 0.1) is 11.6 Å². The average molecular weight is 524 g/mol. The van der Waals surface area contributed by atoms with Gasteiger partial charge in [-0.25, -0.2) is 13.6 Å². The fourth-order valence-electron chi connectivity index (χ4n) is 4.92. The van der Waals surface area contributed by atoms with Crippen LogP contribution in [0.15, 0.2) is 52.1 Å². The van der Waals surface area contributed by atoms with Gasteiger partial charge in [-0.05, 0) is 36.6 Å². The zero-order valence-electron chi connectivity index (χ0n) is 20.7. The number of hydrogen-bond acceptors (Lipinski definition) is 7. The zero-order valence-corrected chi connectivity index (χ0v) is 20.7. The molecule has 2 aromatic heterocycles. The van der Waals surface area contributed by atoms with Gasteiger partial charge in [-0.3, -0.25) is 23.3 Å². The van der Waals surface area contributed by atoms with Crippen LogP contribution in [0.4, 0.5) is 20.4 Å². The van der Waals surface area contributed by atoms with Crippen LogP contribution < -0.4 is 27.6 Å². The summed E-state index contributed by atoms with van der Waals surface area (Å²) in [4.78, 5) is 46.4. The third-order valence-corrected chi connectivity index (χ3v) is 6.88. The van der Waals surface area contributed by atoms with Gasteiger partial charge in [0.1, 0.15) is 11.6 Å². The number of rotatable bonds is 6. The largest absolute Gasteiger partial charge is 0.398 e. The maximum atomic E-state index is 14.2. The molecule has 1 fully saturated rings. The van der Waals surface area contributed by atoms with E-state index in [0.717, 1.165) is 41.2 Å². The van der Waals surface area contributed by atoms with Crippen molar-refractivity contribution in [3.8, 4) is 0 Å². The monoisotopic (exact) mass is 523 g/mol. The number of imidazole rings is 1. The Hall–Kier alpha value is -4.32. The van der Waals surface area contributed by atoms with E-state index in [1.54, 1.807) is 16.7 Å². The van der Waals surface area contributed by atoms with Crippen LogP contribution in [-0.4, -0.2) is 43.6 Å². The first-order valence-corrected chi connectivity index (χ1v) is 12.2. The van der Waals surface area contributed by atoms with Gasteiger partial charge in [0.25, 0.3) is 5.56 Å². The molecule has 5 rings (SSSR count). The fraction of sp³-hybridized carbons (Fsp3) is 0.308. The summed E-state index contributed by atoms with van der Waals surface area (Å²) in [5.74, 6) is -2.75. The Kier molecular flexibility index (Phi) is 6.57. The van der Waals surface area contributed by atoms with Crippen molar-refractivity contribution in [3.05, 3.63) is 86.1 Å². The van der Waals surface area contributed by atoms with Crippen LogP contribution in [0.5, 0.6) is 0 Å². The maximum absolute atomic E-state index is 14.2. The number of carbonyl (C=O) groups excluding carboxylic acids is 1. The molecule has 1 unspecified atom stereocenters. The Bertz CT molecular complexity index is 1650. The molecule has 0 bridgehead atoms. The molecular weight excluding hydrogens is 496 g/mol. The fourth-order valence-corrected chi connectivity index (χ4v) is 4.92. The van der Waals surface area contributed by atoms with Gasteiger partial charge >= 0.3 is 5.69 Å². The molecular formula is C26H27F2N7O3. The lowest BCUT2D eigenvalue weighted by molar-refractivity contribution is 0.0960. The van der Waals surface area contributed by atoms with Gasteiger partial charge in [0.15, 0.2) is 16.9 Å². The molecule has 1 aliphatic rings. The molecule has 0 radical (unpaired) electrons. The molecule has 0 aliphatic carbocycles. The van der Waals surface area contributed by atoms with Crippen molar-refractivity contribution < 1.29 is 13.6 Å². The quantitative estimate of drug-likeness (QED) is 0.290. The number of benzene rings is 2. The van der Waals surface area contributed by atoms with E-state index in [1.807, 2.05) is 17.0 Å². The molecule has 3 heterocycles. The van der Waals surface area contributed by atoms with Crippen LogP contribution in [0.3, 0.4) is 0 Å². The second-order valence-electron chi connectivity index (χ2n) is 9.47. The number of nitrogens with zero attached hydrogens (tertiary/aromatic N) is 5. The predicted octanol–water partition coefficient (Wildman–Crippen LogP) is 1.62. The summed E-state index contributed by atoms with van der Waals surface area (Å²) in [6.45, 7) is 0.463. The second kappa shape index (κ2) is 9.86. The highest BCUT2D eigenvalue weighted by molar-refractivity contribution is 5.96. The molecule has 12 heteroatoms. The number of aryl methyl sites for hydroxylation is 1. The van der Waals surface area contributed by atoms with Crippen molar-refractivity contribution in [1.29, 1.82) is 0 Å². The standard InChI is InChI=1S/C26H27F2N7O3/c1-32-23-22(24(37)35(26(32)38)14-20(36)21-17(27)8-4-9-18(21)28)34(12-15-6-2-3-10-19(15)30)25(31-23)33-11-5-7-16(29)13-33/h2-4,6,8-10,16H,5,7,11-14,29-30H2,1H3. The van der Waals surface area contributed by atoms with Crippen LogP contribution in [-0.2, 0) is 20.1 Å². The van der Waals surface area contributed by atoms with Crippen molar-refractivity contribution in [2.24, 2.45) is 12.8 Å². The molecule has 38 heavy (non-hydrogen) atoms. The molecule has 1 atom stereocenters. The van der Waals surface area contributed by atoms with Crippen molar-refractivity contribution in [3.63, 3.8) is 0 Å². The average Bonchev–Trinajstić information content (AvgIpc) is 3.26. The van der Waals surface area contributed by atoms with Crippen molar-refractivity contribution in [1.82, 2.24) is 18.7 Å². The van der Waals surface area contributed by atoms with E-state index in [1.165, 1.54) is 7.05 Å². The minimum absolute atomic E-state index is 0.0614. The molecule has 1 aliphatic heterocycles. The highest BCUT2D eigenvalue weighted by Crippen LogP contribution is 2.25. The normalized spacial score (nSPS) is 15.8. The summed E-state index contributed by atoms with van der Waals surface area (Å²) in [6, 6.07) is 10.1. The number of para-hydroxylation sites is 1. The number of Topliss-reactive ketones (excluding diaryl/α,β-unsaturated/α-hetero) is 1. The Morgan fingerprint density at radius 3 is 2.47 bits per heavy atom. The second-order valence-corrected chi connectivity index (χ2v) is 9.47. The van der Waals surface area contributed by atoms with Gasteiger partial charge in [0.05, 0.1) is 18.7 Å². The van der Waals surface area contributed by atoms with Crippen LogP contribution in [0.2, 0.25) is 0 Å². The summed E-state index contributed by atoms with van der Waals surface area (Å²) < 4.78 is 32.0. The van der Waals surface area contributed by atoms with E-state index < -0.39 is 40.8 Å². The zero-order chi connectivity index (χ0) is 27.1. The van der Waals surface area contributed by atoms with E-state index >= 15 is 0 Å². The maximum Gasteiger partial charge on any atom is 0.332 e. The van der Waals surface area contributed by atoms with Crippen LogP contribution >= 0.6 is 0 Å². The first-order chi connectivity index (χ1) is 18.2. The van der Waals surface area contributed by atoms with E-state index in [-0.39, 0.29) is 23.8 Å². The van der Waals surface area contributed by atoms with E-state index in [2.05, 4.69) is 4.98 Å². The van der Waals surface area contributed by atoms with Gasteiger partial charge in [0.2, 0.25) is 5.95 Å². The number of anilines is 2. The number of carbonyl (C=O) groups is 1. The topological polar surface area (TPSA) is 134 Å². The van der Waals surface area contributed by atoms with E-state index in [9.17, 15) is 23.2 Å². The highest BCUT2D eigenvalue weighted by atomic mass is 19.1. The Balaban J connectivity index is 1.70. The van der Waals surface area contributed by atoms with Crippen LogP contribution in [0.1, 0.15) is 28.8 Å². The number of hydrogen-bond donors (Lipinski definition) is 2. The number of nitrogens with two attached hydrogens (primary N) is 2. The minimum Gasteiger partial charge on any atom is -0.398 e. The molecule has 2 aromatic carbocycles. The summed E-state index contributed by atoms with van der Waals surface area (Å²) in [5, 5.41) is 0. The Labute approximate surface area is 215 Å². The molecule has 0 saturated carbocycles. The third-order valence-electron chi connectivity index (χ3n) is 6.88. The molecule has 0 spiro atoms. The molecule has 0 amide bonds. The molecule has 4 aromatic rings. The number of piperidine rings is 1. The lowest BCUT2D eigenvalue weighted by atomic mass is 10.1. The first kappa shape index (κ1) is 25.3. The lowest BCUT2D eigenvalue weighted by Gasteiger charge is -2.32. The predicted molar refractivity (Wildman–Crippen MR) is 139 cm³/mol. The van der Waals surface area contributed by atoms with Gasteiger partial charge in [0, 0.05) is 31.9 Å². The first-order valence-electron chi connectivity index (χ1n) is 12.2. The van der Waals surface area contributed by atoms with Crippen molar-refractivity contribution in [2.45, 2.75) is 32.0 Å². The van der Waals surface area contributed by atoms with Crippen LogP contribution in [0.25, 0.3) is 11.2 Å². The summed E-state index contributed by atoms with van der Waals surface area (Å²) in [7, 11) is 1.43. The Morgan fingerprint density at radius 1 is 1.08 bits per heavy atom. The Morgan fingerprint density at radius 2 is 1.79 bits per heavy atom. The number of fused-ring (bicyclic) bond motifs is 1. The molecule has 10 nitrogen and oxygen atoms in total. The number of aromatic nitrogens is 4. The summed E-state index contributed by atoms with van der Waals surface area (Å²) in [5.41, 5.74) is 11.4. The van der Waals surface area contributed by atoms with Crippen molar-refractivity contribution >= 4 is 28.6 Å². The number of ketones is 1. The van der Waals surface area contributed by atoms with Crippen molar-refractivity contribution in [2.75, 3.05) is 23.7 Å². The SMILES string of the molecule is Cn1c(=O)n(CC(=O)c2c(F)cccc2F)c(=O)c2c1nc(N1CCCC(N)C1)n2Cc1ccccc1N. The van der Waals surface area contributed by atoms with Gasteiger partial charge in [-0.2, -0.15) is 4.98 Å². The minimum atomic E-state index is -1.07. The number of halogens is 2. The molecule has 4 N–H and O–H groups in total. The highest BCUT2D eigenvalue weighted by Gasteiger charge is 2.28. The smallest absolute Gasteiger partial charge is 0.332 e. The molecule has 1 saturated heterocycles. The summed E-state index contributed by atoms with van der Waals surface area (Å²) in [6.07, 6.45) is 1.67. The third kappa shape index (κ3) is 4.36. The number of nitrogen functional groups attached to an aromatic ring is 1. The van der Waals surface area contributed by atoms with Gasteiger partial charge in [-0.1, -0.05) is 24.3 Å². The van der Waals surface area contributed by atoms with Gasteiger partial charge in [-0.15, -0.1) is 0 Å². The van der Waals surface area contributed by atoms with E-state index in [4.69, 9.17) is 11.5 Å². The lowest BCUT2D eigenvalue weighted by Crippen LogP contribution is -2.44. The molecule has 198 valence electrons. The summed E-state index contributed by atoms with van der Waals surface area (Å²) >= 11 is 0.